The van der Waals surface area contributed by atoms with Crippen molar-refractivity contribution in [2.24, 2.45) is 0 Å². The molecule has 0 saturated heterocycles. The first-order valence-corrected chi connectivity index (χ1v) is 15.8. The standard InChI is InChI=1S/C34H36FN3O5S/c1-3-37-44(41,42)31-20-13-25(14-21-31)15-22-32(39)38(24-27-9-16-29(35)17-10-27)33(28-7-5-4-6-8-28)34(40)36-23-26-11-18-30(43-2)19-12-26/h4-14,16-21,33,37H,3,15,22-24H2,1-2H3,(H,36,40). The molecule has 0 radical (unpaired) electrons. The summed E-state index contributed by atoms with van der Waals surface area (Å²) in [6.45, 7) is 2.30. The Labute approximate surface area is 257 Å². The summed E-state index contributed by atoms with van der Waals surface area (Å²) in [5.74, 6) is -0.345. The third kappa shape index (κ3) is 8.75. The molecule has 0 fully saturated rings. The Morgan fingerprint density at radius 1 is 0.841 bits per heavy atom. The highest BCUT2D eigenvalue weighted by molar-refractivity contribution is 7.89. The van der Waals surface area contributed by atoms with Crippen molar-refractivity contribution >= 4 is 21.8 Å². The SMILES string of the molecule is CCNS(=O)(=O)c1ccc(CCC(=O)N(Cc2ccc(F)cc2)C(C(=O)NCc2ccc(OC)cc2)c2ccccc2)cc1. The molecule has 44 heavy (non-hydrogen) atoms. The molecule has 8 nitrogen and oxygen atoms in total. The highest BCUT2D eigenvalue weighted by Gasteiger charge is 2.31. The second-order valence-electron chi connectivity index (χ2n) is 10.2. The van der Waals surface area contributed by atoms with Gasteiger partial charge in [0, 0.05) is 26.1 Å². The maximum Gasteiger partial charge on any atom is 0.247 e. The van der Waals surface area contributed by atoms with Gasteiger partial charge in [-0.15, -0.1) is 0 Å². The van der Waals surface area contributed by atoms with Crippen LogP contribution in [0.4, 0.5) is 4.39 Å². The topological polar surface area (TPSA) is 105 Å². The maximum atomic E-state index is 13.9. The van der Waals surface area contributed by atoms with Gasteiger partial charge in [-0.1, -0.05) is 73.7 Å². The van der Waals surface area contributed by atoms with E-state index in [0.29, 0.717) is 23.3 Å². The smallest absolute Gasteiger partial charge is 0.247 e. The number of ether oxygens (including phenoxy) is 1. The number of halogens is 1. The zero-order chi connectivity index (χ0) is 31.5. The normalized spacial score (nSPS) is 11.9. The Balaban J connectivity index is 1.59. The maximum absolute atomic E-state index is 13.9. The fourth-order valence-electron chi connectivity index (χ4n) is 4.75. The first-order valence-electron chi connectivity index (χ1n) is 14.3. The minimum Gasteiger partial charge on any atom is -0.497 e. The van der Waals surface area contributed by atoms with Gasteiger partial charge in [0.15, 0.2) is 0 Å². The van der Waals surface area contributed by atoms with E-state index in [-0.39, 0.29) is 42.8 Å². The molecule has 4 rings (SSSR count). The molecule has 0 aromatic heterocycles. The van der Waals surface area contributed by atoms with Crippen molar-refractivity contribution in [3.8, 4) is 5.75 Å². The molecule has 4 aromatic rings. The highest BCUT2D eigenvalue weighted by atomic mass is 32.2. The summed E-state index contributed by atoms with van der Waals surface area (Å²) in [6.07, 6.45) is 0.394. The van der Waals surface area contributed by atoms with Crippen molar-refractivity contribution in [3.05, 3.63) is 131 Å². The van der Waals surface area contributed by atoms with E-state index in [4.69, 9.17) is 4.74 Å². The van der Waals surface area contributed by atoms with Gasteiger partial charge >= 0.3 is 0 Å². The van der Waals surface area contributed by atoms with E-state index in [1.165, 1.54) is 29.2 Å². The highest BCUT2D eigenvalue weighted by Crippen LogP contribution is 2.26. The molecule has 4 aromatic carbocycles. The molecule has 1 atom stereocenters. The van der Waals surface area contributed by atoms with Crippen LogP contribution < -0.4 is 14.8 Å². The molecule has 0 spiro atoms. The molecule has 0 aliphatic carbocycles. The molecule has 10 heteroatoms. The van der Waals surface area contributed by atoms with Crippen LogP contribution in [0.3, 0.4) is 0 Å². The summed E-state index contributed by atoms with van der Waals surface area (Å²) >= 11 is 0. The van der Waals surface area contributed by atoms with Gasteiger partial charge in [0.05, 0.1) is 12.0 Å². The van der Waals surface area contributed by atoms with Crippen molar-refractivity contribution in [1.82, 2.24) is 14.9 Å². The van der Waals surface area contributed by atoms with Gasteiger partial charge in [-0.05, 0) is 65.1 Å². The Hall–Kier alpha value is -4.54. The van der Waals surface area contributed by atoms with Crippen LogP contribution in [0.15, 0.2) is 108 Å². The van der Waals surface area contributed by atoms with Crippen LogP contribution in [0.1, 0.15) is 41.6 Å². The number of nitrogens with one attached hydrogen (secondary N) is 2. The van der Waals surface area contributed by atoms with Gasteiger partial charge in [-0.25, -0.2) is 17.5 Å². The number of aryl methyl sites for hydroxylation is 1. The molecule has 0 heterocycles. The van der Waals surface area contributed by atoms with Gasteiger partial charge < -0.3 is 15.0 Å². The predicted molar refractivity (Wildman–Crippen MR) is 167 cm³/mol. The molecule has 230 valence electrons. The predicted octanol–water partition coefficient (Wildman–Crippen LogP) is 5.15. The third-order valence-corrected chi connectivity index (χ3v) is 8.64. The number of rotatable bonds is 14. The minimum absolute atomic E-state index is 0.0651. The van der Waals surface area contributed by atoms with E-state index in [2.05, 4.69) is 10.0 Å². The molecular weight excluding hydrogens is 581 g/mol. The molecule has 0 aliphatic rings. The van der Waals surface area contributed by atoms with E-state index < -0.39 is 21.9 Å². The quantitative estimate of drug-likeness (QED) is 0.204. The molecule has 0 saturated carbocycles. The minimum atomic E-state index is -3.59. The lowest BCUT2D eigenvalue weighted by atomic mass is 10.0. The average Bonchev–Trinajstić information content (AvgIpc) is 3.04. The van der Waals surface area contributed by atoms with Crippen molar-refractivity contribution in [3.63, 3.8) is 0 Å². The summed E-state index contributed by atoms with van der Waals surface area (Å²) in [4.78, 5) is 29.4. The summed E-state index contributed by atoms with van der Waals surface area (Å²) in [7, 11) is -2.01. The van der Waals surface area contributed by atoms with E-state index in [1.807, 2.05) is 42.5 Å². The van der Waals surface area contributed by atoms with Gasteiger partial charge in [-0.3, -0.25) is 9.59 Å². The van der Waals surface area contributed by atoms with Crippen molar-refractivity contribution < 1.29 is 27.1 Å². The Bertz CT molecular complexity index is 1630. The Morgan fingerprint density at radius 2 is 1.45 bits per heavy atom. The summed E-state index contributed by atoms with van der Waals surface area (Å²) in [6, 6.07) is 27.6. The lowest BCUT2D eigenvalue weighted by molar-refractivity contribution is -0.141. The van der Waals surface area contributed by atoms with Gasteiger partial charge in [0.2, 0.25) is 21.8 Å². The fraction of sp³-hybridized carbons (Fsp3) is 0.235. The monoisotopic (exact) mass is 617 g/mol. The van der Waals surface area contributed by atoms with Gasteiger partial charge in [-0.2, -0.15) is 0 Å². The van der Waals surface area contributed by atoms with E-state index in [0.717, 1.165) is 11.1 Å². The number of nitrogens with zero attached hydrogens (tertiary/aromatic N) is 1. The Kier molecular flexibility index (Phi) is 11.2. The van der Waals surface area contributed by atoms with Crippen LogP contribution in [0.2, 0.25) is 0 Å². The number of carbonyl (C=O) groups is 2. The molecule has 1 unspecified atom stereocenters. The number of hydrogen-bond donors (Lipinski definition) is 2. The number of hydrogen-bond acceptors (Lipinski definition) is 5. The van der Waals surface area contributed by atoms with Crippen molar-refractivity contribution in [1.29, 1.82) is 0 Å². The molecule has 0 aliphatic heterocycles. The number of carbonyl (C=O) groups excluding carboxylic acids is 2. The second-order valence-corrected chi connectivity index (χ2v) is 11.9. The molecule has 2 N–H and O–H groups in total. The van der Waals surface area contributed by atoms with Crippen molar-refractivity contribution in [2.75, 3.05) is 13.7 Å². The number of benzene rings is 4. The zero-order valence-electron chi connectivity index (χ0n) is 24.7. The molecule has 0 bridgehead atoms. The lowest BCUT2D eigenvalue weighted by Gasteiger charge is -2.32. The Morgan fingerprint density at radius 3 is 2.07 bits per heavy atom. The third-order valence-electron chi connectivity index (χ3n) is 7.08. The van der Waals surface area contributed by atoms with Crippen LogP contribution in [-0.4, -0.2) is 38.8 Å². The van der Waals surface area contributed by atoms with E-state index in [1.54, 1.807) is 50.4 Å². The number of methoxy groups -OCH3 is 1. The second kappa shape index (κ2) is 15.3. The summed E-state index contributed by atoms with van der Waals surface area (Å²) < 4.78 is 46.0. The summed E-state index contributed by atoms with van der Waals surface area (Å²) in [5, 5.41) is 2.97. The molecular formula is C34H36FN3O5S. The van der Waals surface area contributed by atoms with Crippen LogP contribution in [-0.2, 0) is 39.1 Å². The van der Waals surface area contributed by atoms with Gasteiger partial charge in [0.25, 0.3) is 0 Å². The first-order chi connectivity index (χ1) is 21.2. The fourth-order valence-corrected chi connectivity index (χ4v) is 5.79. The van der Waals surface area contributed by atoms with E-state index >= 15 is 0 Å². The van der Waals surface area contributed by atoms with E-state index in [9.17, 15) is 22.4 Å². The average molecular weight is 618 g/mol. The lowest BCUT2D eigenvalue weighted by Crippen LogP contribution is -2.43. The van der Waals surface area contributed by atoms with Crippen molar-refractivity contribution in [2.45, 2.75) is 43.8 Å². The number of amides is 2. The largest absolute Gasteiger partial charge is 0.497 e. The summed E-state index contributed by atoms with van der Waals surface area (Å²) in [5.41, 5.74) is 2.94. The van der Waals surface area contributed by atoms with Crippen LogP contribution in [0.25, 0.3) is 0 Å². The van der Waals surface area contributed by atoms with Crippen LogP contribution in [0.5, 0.6) is 5.75 Å². The number of sulfonamides is 1. The van der Waals surface area contributed by atoms with Gasteiger partial charge in [0.1, 0.15) is 17.6 Å². The van der Waals surface area contributed by atoms with Crippen LogP contribution in [0, 0.1) is 5.82 Å². The zero-order valence-corrected chi connectivity index (χ0v) is 25.5. The molecule has 2 amide bonds. The first kappa shape index (κ1) is 32.4. The van der Waals surface area contributed by atoms with Crippen LogP contribution >= 0.6 is 0 Å².